The average Bonchev–Trinajstić information content (AvgIpc) is 2.28. The maximum absolute atomic E-state index is 11.9. The Morgan fingerprint density at radius 2 is 2.31 bits per heavy atom. The van der Waals surface area contributed by atoms with E-state index >= 15 is 0 Å². The molecule has 4 nitrogen and oxygen atoms in total. The number of nitrogens with two attached hydrogens (primary N) is 1. The summed E-state index contributed by atoms with van der Waals surface area (Å²) in [6.45, 7) is 3.17. The predicted octanol–water partition coefficient (Wildman–Crippen LogP) is 0.936. The van der Waals surface area contributed by atoms with Crippen LogP contribution in [0.1, 0.15) is 26.2 Å². The number of rotatable bonds is 4. The van der Waals surface area contributed by atoms with Crippen LogP contribution < -0.4 is 5.73 Å². The molecule has 1 aliphatic heterocycles. The van der Waals surface area contributed by atoms with E-state index in [0.717, 1.165) is 19.4 Å². The third-order valence-electron chi connectivity index (χ3n) is 2.92. The minimum absolute atomic E-state index is 0.0262. The summed E-state index contributed by atoms with van der Waals surface area (Å²) in [5, 5.41) is 0. The summed E-state index contributed by atoms with van der Waals surface area (Å²) in [4.78, 5) is 13.8. The molecular formula is C11H20N2O2S. The highest BCUT2D eigenvalue weighted by atomic mass is 32.1. The maximum atomic E-state index is 11.9. The lowest BCUT2D eigenvalue weighted by molar-refractivity contribution is -0.134. The quantitative estimate of drug-likeness (QED) is 0.748. The Morgan fingerprint density at radius 3 is 2.81 bits per heavy atom. The van der Waals surface area contributed by atoms with E-state index in [1.54, 1.807) is 18.9 Å². The van der Waals surface area contributed by atoms with Gasteiger partial charge in [-0.3, -0.25) is 4.79 Å². The molecule has 0 spiro atoms. The van der Waals surface area contributed by atoms with Crippen LogP contribution in [-0.4, -0.2) is 42.1 Å². The van der Waals surface area contributed by atoms with E-state index < -0.39 is 0 Å². The van der Waals surface area contributed by atoms with Gasteiger partial charge in [0.15, 0.2) is 0 Å². The third-order valence-corrected chi connectivity index (χ3v) is 3.28. The van der Waals surface area contributed by atoms with Crippen LogP contribution in [0.25, 0.3) is 0 Å². The van der Waals surface area contributed by atoms with Crippen molar-refractivity contribution in [2.75, 3.05) is 20.2 Å². The zero-order valence-corrected chi connectivity index (χ0v) is 10.8. The fourth-order valence-electron chi connectivity index (χ4n) is 1.80. The van der Waals surface area contributed by atoms with Crippen molar-refractivity contribution in [3.63, 3.8) is 0 Å². The first kappa shape index (κ1) is 13.4. The second kappa shape index (κ2) is 6.15. The number of likely N-dealkylation sites (N-methyl/N-ethyl adjacent to an activating group) is 1. The second-order valence-corrected chi connectivity index (χ2v) is 4.80. The predicted molar refractivity (Wildman–Crippen MR) is 67.2 cm³/mol. The minimum atomic E-state index is -0.386. The molecule has 1 saturated heterocycles. The Morgan fingerprint density at radius 1 is 1.62 bits per heavy atom. The summed E-state index contributed by atoms with van der Waals surface area (Å²) >= 11 is 4.82. The molecule has 0 aliphatic carbocycles. The molecule has 0 aromatic heterocycles. The Bertz CT molecular complexity index is 265. The molecule has 0 aromatic carbocycles. The fourth-order valence-corrected chi connectivity index (χ4v) is 1.90. The number of thiocarbonyl (C=S) groups is 1. The van der Waals surface area contributed by atoms with Gasteiger partial charge >= 0.3 is 0 Å². The van der Waals surface area contributed by atoms with Gasteiger partial charge in [0.2, 0.25) is 5.91 Å². The van der Waals surface area contributed by atoms with Gasteiger partial charge in [0.25, 0.3) is 0 Å². The van der Waals surface area contributed by atoms with Crippen LogP contribution in [0.15, 0.2) is 0 Å². The fraction of sp³-hybridized carbons (Fsp3) is 0.818. The van der Waals surface area contributed by atoms with Crippen molar-refractivity contribution < 1.29 is 9.53 Å². The normalized spacial score (nSPS) is 22.5. The van der Waals surface area contributed by atoms with Gasteiger partial charge in [-0.2, -0.15) is 0 Å². The van der Waals surface area contributed by atoms with Crippen LogP contribution in [0.4, 0.5) is 0 Å². The average molecular weight is 244 g/mol. The van der Waals surface area contributed by atoms with Crippen LogP contribution >= 0.6 is 12.2 Å². The monoisotopic (exact) mass is 244 g/mol. The van der Waals surface area contributed by atoms with E-state index in [4.69, 9.17) is 22.7 Å². The standard InChI is InChI=1S/C11H20N2O2S/c1-8(10(12)16)11(14)13(2)7-9-5-3-4-6-15-9/h8-9H,3-7H2,1-2H3,(H2,12,16). The van der Waals surface area contributed by atoms with Gasteiger partial charge < -0.3 is 15.4 Å². The summed E-state index contributed by atoms with van der Waals surface area (Å²) in [7, 11) is 1.77. The molecule has 2 atom stereocenters. The molecule has 1 heterocycles. The molecule has 16 heavy (non-hydrogen) atoms. The molecule has 92 valence electrons. The SMILES string of the molecule is CC(C(=O)N(C)CC1CCCCO1)C(N)=S. The first-order valence-electron chi connectivity index (χ1n) is 5.68. The molecular weight excluding hydrogens is 224 g/mol. The first-order valence-corrected chi connectivity index (χ1v) is 6.09. The van der Waals surface area contributed by atoms with Crippen LogP contribution in [0, 0.1) is 5.92 Å². The minimum Gasteiger partial charge on any atom is -0.393 e. The van der Waals surface area contributed by atoms with Crippen molar-refractivity contribution in [1.82, 2.24) is 4.90 Å². The molecule has 1 rings (SSSR count). The highest BCUT2D eigenvalue weighted by Crippen LogP contribution is 2.14. The lowest BCUT2D eigenvalue weighted by atomic mass is 10.1. The van der Waals surface area contributed by atoms with Crippen LogP contribution in [0.5, 0.6) is 0 Å². The molecule has 0 aromatic rings. The maximum Gasteiger partial charge on any atom is 0.232 e. The molecule has 2 unspecified atom stereocenters. The molecule has 0 bridgehead atoms. The smallest absolute Gasteiger partial charge is 0.232 e. The number of amides is 1. The Balaban J connectivity index is 2.41. The number of ether oxygens (including phenoxy) is 1. The summed E-state index contributed by atoms with van der Waals surface area (Å²) in [6.07, 6.45) is 3.50. The lowest BCUT2D eigenvalue weighted by Crippen LogP contribution is -2.42. The van der Waals surface area contributed by atoms with Crippen molar-refractivity contribution in [1.29, 1.82) is 0 Å². The number of carbonyl (C=O) groups excluding carboxylic acids is 1. The van der Waals surface area contributed by atoms with Gasteiger partial charge in [0.05, 0.1) is 17.0 Å². The van der Waals surface area contributed by atoms with E-state index in [1.165, 1.54) is 6.42 Å². The Kier molecular flexibility index (Phi) is 5.15. The summed E-state index contributed by atoms with van der Waals surface area (Å²) in [6, 6.07) is 0. The van der Waals surface area contributed by atoms with Crippen molar-refractivity contribution >= 4 is 23.1 Å². The zero-order chi connectivity index (χ0) is 12.1. The molecule has 0 radical (unpaired) electrons. The largest absolute Gasteiger partial charge is 0.393 e. The summed E-state index contributed by atoms with van der Waals surface area (Å²) in [5.41, 5.74) is 5.46. The molecule has 2 N–H and O–H groups in total. The first-order chi connectivity index (χ1) is 7.52. The highest BCUT2D eigenvalue weighted by molar-refractivity contribution is 7.80. The zero-order valence-electron chi connectivity index (χ0n) is 9.94. The number of hydrogen-bond acceptors (Lipinski definition) is 3. The highest BCUT2D eigenvalue weighted by Gasteiger charge is 2.23. The van der Waals surface area contributed by atoms with Gasteiger partial charge in [0.1, 0.15) is 0 Å². The van der Waals surface area contributed by atoms with Crippen molar-refractivity contribution in [2.24, 2.45) is 11.7 Å². The van der Waals surface area contributed by atoms with Crippen molar-refractivity contribution in [2.45, 2.75) is 32.3 Å². The molecule has 0 saturated carbocycles. The van der Waals surface area contributed by atoms with E-state index in [-0.39, 0.29) is 22.9 Å². The Hall–Kier alpha value is -0.680. The molecule has 1 aliphatic rings. The van der Waals surface area contributed by atoms with Crippen LogP contribution in [0.2, 0.25) is 0 Å². The number of hydrogen-bond donors (Lipinski definition) is 1. The van der Waals surface area contributed by atoms with Crippen LogP contribution in [-0.2, 0) is 9.53 Å². The van der Waals surface area contributed by atoms with E-state index in [0.29, 0.717) is 6.54 Å². The summed E-state index contributed by atoms with van der Waals surface area (Å²) < 4.78 is 5.58. The molecule has 1 amide bonds. The molecule has 5 heteroatoms. The summed E-state index contributed by atoms with van der Waals surface area (Å²) in [5.74, 6) is -0.412. The second-order valence-electron chi connectivity index (χ2n) is 4.33. The van der Waals surface area contributed by atoms with E-state index in [2.05, 4.69) is 0 Å². The number of nitrogens with zero attached hydrogens (tertiary/aromatic N) is 1. The topological polar surface area (TPSA) is 55.6 Å². The van der Waals surface area contributed by atoms with Gasteiger partial charge in [-0.05, 0) is 26.2 Å². The van der Waals surface area contributed by atoms with Gasteiger partial charge in [0, 0.05) is 20.2 Å². The van der Waals surface area contributed by atoms with Crippen molar-refractivity contribution in [3.8, 4) is 0 Å². The van der Waals surface area contributed by atoms with Gasteiger partial charge in [-0.25, -0.2) is 0 Å². The van der Waals surface area contributed by atoms with E-state index in [9.17, 15) is 4.79 Å². The van der Waals surface area contributed by atoms with Crippen LogP contribution in [0.3, 0.4) is 0 Å². The lowest BCUT2D eigenvalue weighted by Gasteiger charge is -2.28. The van der Waals surface area contributed by atoms with Gasteiger partial charge in [-0.1, -0.05) is 12.2 Å². The Labute approximate surface area is 102 Å². The molecule has 1 fully saturated rings. The number of carbonyl (C=O) groups is 1. The third kappa shape index (κ3) is 3.72. The van der Waals surface area contributed by atoms with E-state index in [1.807, 2.05) is 0 Å². The van der Waals surface area contributed by atoms with Gasteiger partial charge in [-0.15, -0.1) is 0 Å². The van der Waals surface area contributed by atoms with Crippen molar-refractivity contribution in [3.05, 3.63) is 0 Å².